The Kier molecular flexibility index (Phi) is 12.6. The fourth-order valence-corrected chi connectivity index (χ4v) is 8.17. The van der Waals surface area contributed by atoms with Crippen molar-refractivity contribution >= 4 is 27.8 Å². The molecule has 0 radical (unpaired) electrons. The van der Waals surface area contributed by atoms with E-state index in [0.717, 1.165) is 16.9 Å². The van der Waals surface area contributed by atoms with Crippen molar-refractivity contribution < 1.29 is 27.9 Å². The number of likely N-dealkylation sites (tertiary alicyclic amines) is 1. The third-order valence-corrected chi connectivity index (χ3v) is 11.3. The van der Waals surface area contributed by atoms with Crippen molar-refractivity contribution in [2.45, 2.75) is 63.5 Å². The number of hydrogen-bond acceptors (Lipinski definition) is 8. The number of carbonyl (C=O) groups is 2. The highest BCUT2D eigenvalue weighted by molar-refractivity contribution is 7.89. The molecule has 1 aliphatic heterocycles. The van der Waals surface area contributed by atoms with Crippen LogP contribution in [0.3, 0.4) is 0 Å². The molecule has 1 aromatic heterocycles. The lowest BCUT2D eigenvalue weighted by Gasteiger charge is -2.36. The Hall–Kier alpha value is -5.19. The van der Waals surface area contributed by atoms with Crippen LogP contribution in [0.15, 0.2) is 90.2 Å². The minimum Gasteiger partial charge on any atom is -0.481 e. The second-order valence-corrected chi connectivity index (χ2v) is 16.3. The third-order valence-electron chi connectivity index (χ3n) is 9.35. The molecule has 1 N–H and O–H groups in total. The number of anilines is 1. The van der Waals surface area contributed by atoms with Gasteiger partial charge < -0.3 is 24.2 Å². The summed E-state index contributed by atoms with van der Waals surface area (Å²) in [5.41, 5.74) is 3.72. The van der Waals surface area contributed by atoms with Gasteiger partial charge in [-0.25, -0.2) is 18.2 Å². The molecule has 0 unspecified atom stereocenters. The van der Waals surface area contributed by atoms with Gasteiger partial charge in [-0.15, -0.1) is 0 Å². The highest BCUT2D eigenvalue weighted by atomic mass is 32.2. The van der Waals surface area contributed by atoms with E-state index in [4.69, 9.17) is 4.74 Å². The number of imidazole rings is 1. The number of ether oxygens (including phenoxy) is 1. The van der Waals surface area contributed by atoms with Gasteiger partial charge in [-0.3, -0.25) is 4.79 Å². The lowest BCUT2D eigenvalue weighted by molar-refractivity contribution is -0.136. The summed E-state index contributed by atoms with van der Waals surface area (Å²) in [5, 5.41) is 18.6. The number of aryl methyl sites for hydroxylation is 2. The summed E-state index contributed by atoms with van der Waals surface area (Å²) in [7, 11) is -2.17. The van der Waals surface area contributed by atoms with Crippen molar-refractivity contribution in [3.05, 3.63) is 102 Å². The molecule has 1 fully saturated rings. The molecule has 0 atom stereocenters. The Morgan fingerprint density at radius 3 is 2.38 bits per heavy atom. The average molecular weight is 741 g/mol. The van der Waals surface area contributed by atoms with Crippen LogP contribution >= 0.6 is 0 Å². The van der Waals surface area contributed by atoms with Crippen LogP contribution in [-0.2, 0) is 39.6 Å². The molecule has 1 amide bonds. The molecule has 0 spiro atoms. The van der Waals surface area contributed by atoms with Crippen molar-refractivity contribution in [2.75, 3.05) is 37.6 Å². The van der Waals surface area contributed by atoms with Gasteiger partial charge in [0.1, 0.15) is 5.60 Å². The minimum absolute atomic E-state index is 0.00425. The number of nitrogens with zero attached hydrogens (tertiary/aromatic N) is 6. The van der Waals surface area contributed by atoms with Crippen LogP contribution in [-0.4, -0.2) is 82.7 Å². The lowest BCUT2D eigenvalue weighted by atomic mass is 9.97. The predicted octanol–water partition coefficient (Wildman–Crippen LogP) is 6.32. The number of piperidine rings is 1. The summed E-state index contributed by atoms with van der Waals surface area (Å²) >= 11 is 0. The molecular weight excluding hydrogens is 693 g/mol. The number of benzene rings is 3. The first kappa shape index (κ1) is 39.0. The molecule has 0 bridgehead atoms. The number of rotatable bonds is 14. The molecule has 53 heavy (non-hydrogen) atoms. The van der Waals surface area contributed by atoms with Crippen molar-refractivity contribution in [2.24, 2.45) is 13.0 Å². The fraction of sp³-hybridized carbons (Fsp3) is 0.400. The van der Waals surface area contributed by atoms with Crippen molar-refractivity contribution in [3.63, 3.8) is 0 Å². The van der Waals surface area contributed by atoms with Crippen LogP contribution in [0.25, 0.3) is 11.1 Å². The summed E-state index contributed by atoms with van der Waals surface area (Å²) in [6, 6.07) is 23.7. The molecule has 280 valence electrons. The largest absolute Gasteiger partial charge is 0.481 e. The molecule has 3 aromatic carbocycles. The van der Waals surface area contributed by atoms with Crippen molar-refractivity contribution in [3.8, 4) is 17.2 Å². The van der Waals surface area contributed by atoms with Crippen molar-refractivity contribution in [1.82, 2.24) is 18.8 Å². The highest BCUT2D eigenvalue weighted by Gasteiger charge is 2.33. The maximum Gasteiger partial charge on any atom is 0.410 e. The number of nitriles is 1. The van der Waals surface area contributed by atoms with Crippen molar-refractivity contribution in [1.29, 1.82) is 5.26 Å². The summed E-state index contributed by atoms with van der Waals surface area (Å²) in [4.78, 5) is 32.3. The van der Waals surface area contributed by atoms with E-state index in [1.807, 2.05) is 68.8 Å². The molecular formula is C40H48N6O6S. The van der Waals surface area contributed by atoms with Gasteiger partial charge in [-0.2, -0.15) is 9.57 Å². The van der Waals surface area contributed by atoms with E-state index < -0.39 is 21.6 Å². The smallest absolute Gasteiger partial charge is 0.410 e. The van der Waals surface area contributed by atoms with Gasteiger partial charge in [0, 0.05) is 63.6 Å². The van der Waals surface area contributed by atoms with E-state index in [1.54, 1.807) is 58.1 Å². The zero-order valence-corrected chi connectivity index (χ0v) is 31.6. The number of aromatic nitrogens is 2. The van der Waals surface area contributed by atoms with E-state index >= 15 is 0 Å². The van der Waals surface area contributed by atoms with Gasteiger partial charge in [-0.1, -0.05) is 42.5 Å². The second kappa shape index (κ2) is 17.1. The lowest BCUT2D eigenvalue weighted by Crippen LogP contribution is -2.46. The molecule has 4 aromatic rings. The fourth-order valence-electron chi connectivity index (χ4n) is 6.45. The quantitative estimate of drug-likeness (QED) is 0.157. The number of carbonyl (C=O) groups excluding carboxylic acids is 1. The Balaban J connectivity index is 1.46. The maximum absolute atomic E-state index is 14.9. The molecule has 1 aliphatic rings. The Bertz CT molecular complexity index is 2020. The normalized spacial score (nSPS) is 13.8. The molecule has 1 saturated heterocycles. The van der Waals surface area contributed by atoms with Crippen LogP contribution in [0, 0.1) is 17.2 Å². The van der Waals surface area contributed by atoms with Crippen LogP contribution < -0.4 is 4.90 Å². The molecule has 5 rings (SSSR count). The average Bonchev–Trinajstić information content (AvgIpc) is 3.55. The molecule has 13 heteroatoms. The van der Waals surface area contributed by atoms with Crippen LogP contribution in [0.4, 0.5) is 10.5 Å². The number of carboxylic acids is 1. The zero-order valence-electron chi connectivity index (χ0n) is 30.8. The minimum atomic E-state index is -4.08. The van der Waals surface area contributed by atoms with Gasteiger partial charge in [0.2, 0.25) is 10.0 Å². The summed E-state index contributed by atoms with van der Waals surface area (Å²) in [5.74, 6) is -0.903. The highest BCUT2D eigenvalue weighted by Crippen LogP contribution is 2.32. The van der Waals surface area contributed by atoms with E-state index in [0.29, 0.717) is 62.1 Å². The van der Waals surface area contributed by atoms with E-state index in [9.17, 15) is 28.4 Å². The maximum atomic E-state index is 14.9. The summed E-state index contributed by atoms with van der Waals surface area (Å²) < 4.78 is 38.9. The second-order valence-electron chi connectivity index (χ2n) is 14.4. The first-order chi connectivity index (χ1) is 25.2. The first-order valence-corrected chi connectivity index (χ1v) is 19.3. The van der Waals surface area contributed by atoms with E-state index in [2.05, 4.69) is 16.0 Å². The SMILES string of the molecule is Cn1cncc1CN(CCN(CC1CCN(C(=O)OC(C)(C)C)CC1)S(=O)(=O)c1ccccc1-c1cccc(CCC(=O)O)c1)c1ccc(C#N)cc1. The molecule has 2 heterocycles. The topological polar surface area (TPSA) is 149 Å². The zero-order chi connectivity index (χ0) is 38.2. The summed E-state index contributed by atoms with van der Waals surface area (Å²) in [6.45, 7) is 7.66. The molecule has 12 nitrogen and oxygen atoms in total. The van der Waals surface area contributed by atoms with Gasteiger partial charge in [0.05, 0.1) is 35.1 Å². The standard InChI is InChI=1S/C40H48N6O6S/c1-40(2,3)52-39(49)44-20-18-32(19-21-44)27-46(23-22-45(28-35-26-42-29-43(35)4)34-15-12-31(25-41)13-16-34)53(50,51)37-11-6-5-10-36(37)33-9-7-8-30(24-33)14-17-38(47)48/h5-13,15-16,24,26,29,32H,14,17-23,27-28H2,1-4H3,(H,47,48). The third kappa shape index (κ3) is 10.5. The van der Waals surface area contributed by atoms with Gasteiger partial charge in [0.15, 0.2) is 0 Å². The van der Waals surface area contributed by atoms with Gasteiger partial charge in [0.25, 0.3) is 0 Å². The Morgan fingerprint density at radius 1 is 1.02 bits per heavy atom. The number of aliphatic carboxylic acids is 1. The summed E-state index contributed by atoms with van der Waals surface area (Å²) in [6.07, 6.45) is 4.67. The van der Waals surface area contributed by atoms with Gasteiger partial charge >= 0.3 is 12.1 Å². The van der Waals surface area contributed by atoms with Crippen LogP contribution in [0.2, 0.25) is 0 Å². The first-order valence-electron chi connectivity index (χ1n) is 17.8. The number of carboxylic acid groups (broad SMARTS) is 1. The van der Waals surface area contributed by atoms with Crippen LogP contribution in [0.1, 0.15) is 56.9 Å². The van der Waals surface area contributed by atoms with E-state index in [1.165, 1.54) is 0 Å². The Labute approximate surface area is 312 Å². The van der Waals surface area contributed by atoms with Gasteiger partial charge in [-0.05, 0) is 87.4 Å². The van der Waals surface area contributed by atoms with Crippen LogP contribution in [0.5, 0.6) is 0 Å². The number of hydrogen-bond donors (Lipinski definition) is 1. The molecule has 0 aliphatic carbocycles. The molecule has 0 saturated carbocycles. The predicted molar refractivity (Wildman–Crippen MR) is 203 cm³/mol. The number of sulfonamides is 1. The number of amides is 1. The van der Waals surface area contributed by atoms with E-state index in [-0.39, 0.29) is 36.4 Å². The monoisotopic (exact) mass is 740 g/mol. The Morgan fingerprint density at radius 2 is 1.74 bits per heavy atom.